The number of carboxylic acids is 1. The van der Waals surface area contributed by atoms with E-state index in [1.807, 2.05) is 68.0 Å². The molecule has 3 heterocycles. The molecule has 0 bridgehead atoms. The summed E-state index contributed by atoms with van der Waals surface area (Å²) >= 11 is 0. The SMILES string of the molecule is CC[n+]1cccc2oc(/C=C/C=C/C=C3/N(CCCCCC(=O)O)c4ccc(S(=O)(=O)O)cc4C3(C)C)nc21. The van der Waals surface area contributed by atoms with E-state index in [2.05, 4.69) is 9.88 Å². The summed E-state index contributed by atoms with van der Waals surface area (Å²) in [5.41, 5.74) is 3.63. The first-order valence-electron chi connectivity index (χ1n) is 13.0. The van der Waals surface area contributed by atoms with Gasteiger partial charge in [-0.1, -0.05) is 38.5 Å². The van der Waals surface area contributed by atoms with Gasteiger partial charge in [-0.15, -0.1) is 0 Å². The molecule has 0 unspecified atom stereocenters. The molecule has 1 aliphatic rings. The first-order valence-corrected chi connectivity index (χ1v) is 14.4. The standard InChI is InChI=1S/C29H33N3O6S/c1-4-31-18-11-12-24-28(31)30-26(38-24)14-8-5-7-13-25-29(2,3)22-20-21(39(35,36)37)16-17-23(22)32(25)19-10-6-9-15-27(33)34/h5,7-8,11-14,16-18,20H,4,6,9-10,15,19H2,1-3H3,(H-,33,34,35,36,37)/p+1. The van der Waals surface area contributed by atoms with E-state index in [1.54, 1.807) is 12.1 Å². The maximum atomic E-state index is 11.8. The summed E-state index contributed by atoms with van der Waals surface area (Å²) in [7, 11) is -4.34. The molecule has 0 radical (unpaired) electrons. The number of carboxylic acid groups (broad SMARTS) is 1. The van der Waals surface area contributed by atoms with Gasteiger partial charge in [0, 0.05) is 40.8 Å². The van der Waals surface area contributed by atoms with Gasteiger partial charge in [0.2, 0.25) is 5.58 Å². The summed E-state index contributed by atoms with van der Waals surface area (Å²) in [5, 5.41) is 8.92. The molecule has 2 N–H and O–H groups in total. The van der Waals surface area contributed by atoms with Crippen molar-refractivity contribution >= 4 is 39.1 Å². The summed E-state index contributed by atoms with van der Waals surface area (Å²) in [4.78, 5) is 17.4. The molecule has 3 aromatic rings. The van der Waals surface area contributed by atoms with Crippen LogP contribution >= 0.6 is 0 Å². The Bertz CT molecular complexity index is 1570. The molecule has 206 valence electrons. The van der Waals surface area contributed by atoms with Crippen molar-refractivity contribution in [2.45, 2.75) is 63.3 Å². The molecule has 9 nitrogen and oxygen atoms in total. The number of pyridine rings is 1. The molecular weight excluding hydrogens is 518 g/mol. The summed E-state index contributed by atoms with van der Waals surface area (Å²) < 4.78 is 41.0. The van der Waals surface area contributed by atoms with Gasteiger partial charge in [0.05, 0.1) is 17.6 Å². The number of carbonyl (C=O) groups is 1. The van der Waals surface area contributed by atoms with Crippen molar-refractivity contribution in [3.05, 3.63) is 78.0 Å². The van der Waals surface area contributed by atoms with Crippen molar-refractivity contribution in [1.29, 1.82) is 0 Å². The van der Waals surface area contributed by atoms with Gasteiger partial charge in [-0.05, 0) is 61.7 Å². The minimum absolute atomic E-state index is 0.135. The van der Waals surface area contributed by atoms with E-state index in [9.17, 15) is 17.8 Å². The largest absolute Gasteiger partial charge is 0.481 e. The van der Waals surface area contributed by atoms with Crippen LogP contribution in [0.5, 0.6) is 0 Å². The van der Waals surface area contributed by atoms with Gasteiger partial charge in [-0.2, -0.15) is 8.42 Å². The average Bonchev–Trinajstić information content (AvgIpc) is 3.39. The fourth-order valence-corrected chi connectivity index (χ4v) is 5.42. The molecule has 0 atom stereocenters. The zero-order valence-corrected chi connectivity index (χ0v) is 23.2. The second-order valence-corrected chi connectivity index (χ2v) is 11.4. The number of allylic oxidation sites excluding steroid dienone is 5. The van der Waals surface area contributed by atoms with Crippen molar-refractivity contribution in [2.75, 3.05) is 11.4 Å². The summed E-state index contributed by atoms with van der Waals surface area (Å²) in [5.74, 6) is -0.299. The Morgan fingerprint density at radius 3 is 2.67 bits per heavy atom. The van der Waals surface area contributed by atoms with Crippen LogP contribution in [0.25, 0.3) is 17.3 Å². The Labute approximate surface area is 228 Å². The molecule has 0 spiro atoms. The highest BCUT2D eigenvalue weighted by atomic mass is 32.2. The van der Waals surface area contributed by atoms with E-state index >= 15 is 0 Å². The van der Waals surface area contributed by atoms with E-state index in [0.717, 1.165) is 47.6 Å². The van der Waals surface area contributed by atoms with E-state index < -0.39 is 21.5 Å². The third kappa shape index (κ3) is 6.29. The molecule has 0 fully saturated rings. The molecule has 4 rings (SSSR count). The van der Waals surface area contributed by atoms with Gasteiger partial charge < -0.3 is 14.4 Å². The Morgan fingerprint density at radius 2 is 1.95 bits per heavy atom. The highest BCUT2D eigenvalue weighted by molar-refractivity contribution is 7.85. The van der Waals surface area contributed by atoms with Gasteiger partial charge in [0.25, 0.3) is 10.1 Å². The minimum Gasteiger partial charge on any atom is -0.481 e. The van der Waals surface area contributed by atoms with Gasteiger partial charge in [0.1, 0.15) is 0 Å². The summed E-state index contributed by atoms with van der Waals surface area (Å²) in [6, 6.07) is 8.47. The van der Waals surface area contributed by atoms with Crippen molar-refractivity contribution in [3.63, 3.8) is 0 Å². The van der Waals surface area contributed by atoms with Crippen LogP contribution in [0.1, 0.15) is 57.9 Å². The third-order valence-corrected chi connectivity index (χ3v) is 7.78. The van der Waals surface area contributed by atoms with Gasteiger partial charge in [-0.3, -0.25) is 9.35 Å². The lowest BCUT2D eigenvalue weighted by molar-refractivity contribution is -0.669. The van der Waals surface area contributed by atoms with Crippen molar-refractivity contribution in [2.24, 2.45) is 0 Å². The summed E-state index contributed by atoms with van der Waals surface area (Å²) in [6.45, 7) is 7.52. The lowest BCUT2D eigenvalue weighted by atomic mass is 9.83. The molecule has 2 aromatic heterocycles. The molecule has 1 aromatic carbocycles. The molecule has 0 amide bonds. The number of fused-ring (bicyclic) bond motifs is 2. The summed E-state index contributed by atoms with van der Waals surface area (Å²) in [6.07, 6.45) is 13.7. The van der Waals surface area contributed by atoms with E-state index in [0.29, 0.717) is 18.9 Å². The third-order valence-electron chi connectivity index (χ3n) is 6.93. The number of rotatable bonds is 11. The van der Waals surface area contributed by atoms with Gasteiger partial charge >= 0.3 is 17.5 Å². The molecule has 1 aliphatic heterocycles. The predicted molar refractivity (Wildman–Crippen MR) is 149 cm³/mol. The molecule has 0 saturated carbocycles. The topological polar surface area (TPSA) is 125 Å². The quantitative estimate of drug-likeness (QED) is 0.143. The molecule has 10 heteroatoms. The number of unbranched alkanes of at least 4 members (excludes halogenated alkanes) is 2. The lowest BCUT2D eigenvalue weighted by Gasteiger charge is -2.27. The van der Waals surface area contributed by atoms with Crippen LogP contribution in [-0.2, 0) is 26.9 Å². The number of hydrogen-bond donors (Lipinski definition) is 2. The van der Waals surface area contributed by atoms with Crippen LogP contribution in [0.2, 0.25) is 0 Å². The minimum atomic E-state index is -4.34. The monoisotopic (exact) mass is 552 g/mol. The fraction of sp³-hybridized carbons (Fsp3) is 0.345. The second-order valence-electron chi connectivity index (χ2n) is 9.97. The number of benzene rings is 1. The van der Waals surface area contributed by atoms with Crippen molar-refractivity contribution in [3.8, 4) is 0 Å². The maximum absolute atomic E-state index is 11.8. The molecular formula is C29H34N3O6S+. The Balaban J connectivity index is 1.58. The Kier molecular flexibility index (Phi) is 8.36. The predicted octanol–water partition coefficient (Wildman–Crippen LogP) is 5.28. The van der Waals surface area contributed by atoms with Crippen LogP contribution in [0, 0.1) is 0 Å². The highest BCUT2D eigenvalue weighted by Crippen LogP contribution is 2.48. The van der Waals surface area contributed by atoms with Crippen molar-refractivity contribution in [1.82, 2.24) is 4.98 Å². The smallest absolute Gasteiger partial charge is 0.370 e. The normalized spacial score (nSPS) is 16.2. The number of hydrogen-bond acceptors (Lipinski definition) is 6. The Morgan fingerprint density at radius 1 is 1.15 bits per heavy atom. The van der Waals surface area contributed by atoms with Crippen LogP contribution in [-0.4, -0.2) is 35.6 Å². The van der Waals surface area contributed by atoms with Gasteiger partial charge in [-0.25, -0.2) is 4.57 Å². The number of nitrogens with zero attached hydrogens (tertiary/aromatic N) is 3. The van der Waals surface area contributed by atoms with Crippen LogP contribution in [0.3, 0.4) is 0 Å². The number of anilines is 1. The Hall–Kier alpha value is -3.76. The van der Waals surface area contributed by atoms with Crippen LogP contribution < -0.4 is 9.47 Å². The molecule has 0 saturated heterocycles. The van der Waals surface area contributed by atoms with Crippen LogP contribution in [0.4, 0.5) is 5.69 Å². The van der Waals surface area contributed by atoms with Gasteiger partial charge in [0.15, 0.2) is 0 Å². The first-order chi connectivity index (χ1) is 18.5. The highest BCUT2D eigenvalue weighted by Gasteiger charge is 2.40. The number of oxazole rings is 1. The second kappa shape index (κ2) is 11.5. The van der Waals surface area contributed by atoms with E-state index in [-0.39, 0.29) is 11.3 Å². The molecule has 39 heavy (non-hydrogen) atoms. The fourth-order valence-electron chi connectivity index (χ4n) is 4.91. The van der Waals surface area contributed by atoms with Crippen LogP contribution in [0.15, 0.2) is 75.8 Å². The number of aliphatic carboxylic acids is 1. The van der Waals surface area contributed by atoms with E-state index in [4.69, 9.17) is 9.52 Å². The lowest BCUT2D eigenvalue weighted by Crippen LogP contribution is -2.32. The number of aryl methyl sites for hydroxylation is 1. The average molecular weight is 553 g/mol. The van der Waals surface area contributed by atoms with E-state index in [1.165, 1.54) is 12.1 Å². The zero-order valence-electron chi connectivity index (χ0n) is 22.4. The maximum Gasteiger partial charge on any atom is 0.370 e. The zero-order chi connectivity index (χ0) is 28.2. The molecule has 0 aliphatic carbocycles. The first kappa shape index (κ1) is 28.3. The number of aromatic nitrogens is 2. The van der Waals surface area contributed by atoms with Crippen molar-refractivity contribution < 1.29 is 31.9 Å².